The lowest BCUT2D eigenvalue weighted by Gasteiger charge is -2.20. The molecule has 0 spiro atoms. The molecule has 0 saturated heterocycles. The lowest BCUT2D eigenvalue weighted by Crippen LogP contribution is -2.36. The van der Waals surface area contributed by atoms with Crippen LogP contribution in [-0.4, -0.2) is 27.5 Å². The van der Waals surface area contributed by atoms with Crippen LogP contribution in [0.4, 0.5) is 4.39 Å². The molecule has 2 aromatic carbocycles. The number of nitrogens with one attached hydrogen (secondary N) is 1. The number of hydrogen-bond donors (Lipinski definition) is 1. The number of aryl methyl sites for hydroxylation is 1. The van der Waals surface area contributed by atoms with Crippen LogP contribution in [0.5, 0.6) is 0 Å². The normalized spacial score (nSPS) is 12.0. The molecule has 0 radical (unpaired) electrons. The molecule has 1 amide bonds. The molecule has 1 N–H and O–H groups in total. The molecule has 1 unspecified atom stereocenters. The second-order valence-corrected chi connectivity index (χ2v) is 7.61. The van der Waals surface area contributed by atoms with Crippen LogP contribution >= 0.6 is 0 Å². The van der Waals surface area contributed by atoms with Crippen molar-refractivity contribution in [1.82, 2.24) is 14.9 Å². The minimum absolute atomic E-state index is 0.0525. The maximum Gasteiger partial charge on any atom is 0.308 e. The summed E-state index contributed by atoms with van der Waals surface area (Å²) in [6.07, 6.45) is 0.920. The van der Waals surface area contributed by atoms with Crippen molar-refractivity contribution in [1.29, 1.82) is 0 Å². The van der Waals surface area contributed by atoms with Gasteiger partial charge in [-0.2, -0.15) is 0 Å². The first kappa shape index (κ1) is 22.1. The first-order chi connectivity index (χ1) is 14.7. The maximum atomic E-state index is 13.5. The highest BCUT2D eigenvalue weighted by molar-refractivity contribution is 5.80. The van der Waals surface area contributed by atoms with Crippen molar-refractivity contribution in [3.63, 3.8) is 0 Å². The zero-order valence-electron chi connectivity index (χ0n) is 17.6. The molecule has 8 heteroatoms. The van der Waals surface area contributed by atoms with Gasteiger partial charge in [0, 0.05) is 0 Å². The van der Waals surface area contributed by atoms with Crippen molar-refractivity contribution in [3.8, 4) is 0 Å². The molecule has 0 bridgehead atoms. The average Bonchev–Trinajstić information content (AvgIpc) is 2.70. The Morgan fingerprint density at radius 3 is 2.55 bits per heavy atom. The summed E-state index contributed by atoms with van der Waals surface area (Å²) in [5.41, 5.74) is 1.60. The van der Waals surface area contributed by atoms with Crippen molar-refractivity contribution in [2.24, 2.45) is 0 Å². The van der Waals surface area contributed by atoms with E-state index in [-0.39, 0.29) is 24.5 Å². The van der Waals surface area contributed by atoms with E-state index in [0.717, 1.165) is 21.8 Å². The minimum Gasteiger partial charge on any atom is -0.463 e. The van der Waals surface area contributed by atoms with Gasteiger partial charge in [0.05, 0.1) is 35.8 Å². The lowest BCUT2D eigenvalue weighted by molar-refractivity contribution is -0.148. The highest BCUT2D eigenvalue weighted by Gasteiger charge is 2.21. The molecule has 0 aliphatic heterocycles. The number of esters is 1. The Kier molecular flexibility index (Phi) is 6.79. The van der Waals surface area contributed by atoms with E-state index in [4.69, 9.17) is 4.74 Å². The Morgan fingerprint density at radius 2 is 1.87 bits per heavy atom. The topological polar surface area (TPSA) is 90.3 Å². The Balaban J connectivity index is 1.80. The van der Waals surface area contributed by atoms with Crippen molar-refractivity contribution in [2.75, 3.05) is 0 Å². The molecule has 31 heavy (non-hydrogen) atoms. The number of carbonyl (C=O) groups is 2. The molecule has 1 heterocycles. The van der Waals surface area contributed by atoms with Crippen LogP contribution < -0.4 is 10.9 Å². The second kappa shape index (κ2) is 9.51. The van der Waals surface area contributed by atoms with Gasteiger partial charge in [0.2, 0.25) is 5.91 Å². The summed E-state index contributed by atoms with van der Waals surface area (Å²) in [5.74, 6) is -1.49. The van der Waals surface area contributed by atoms with Gasteiger partial charge in [-0.05, 0) is 44.5 Å². The van der Waals surface area contributed by atoms with Crippen LogP contribution in [0.2, 0.25) is 0 Å². The summed E-state index contributed by atoms with van der Waals surface area (Å²) >= 11 is 0. The number of halogens is 1. The standard InChI is InChI=1S/C23H24FN3O4/c1-14(2)31-22(29)11-20(16-6-4-15(3)5-7-16)26-21(28)12-27-13-25-19-9-8-17(24)10-18(19)23(27)30/h4-10,13-14,20H,11-12H2,1-3H3,(H,26,28). The number of fused-ring (bicyclic) bond motifs is 1. The van der Waals surface area contributed by atoms with Crippen molar-refractivity contribution < 1.29 is 18.7 Å². The maximum absolute atomic E-state index is 13.5. The molecule has 1 atom stereocenters. The predicted molar refractivity (Wildman–Crippen MR) is 114 cm³/mol. The number of rotatable bonds is 7. The molecule has 0 aliphatic rings. The molecule has 3 aromatic rings. The Bertz CT molecular complexity index is 1160. The van der Waals surface area contributed by atoms with Crippen molar-refractivity contribution >= 4 is 22.8 Å². The Morgan fingerprint density at radius 1 is 1.16 bits per heavy atom. The van der Waals surface area contributed by atoms with Gasteiger partial charge >= 0.3 is 5.97 Å². The summed E-state index contributed by atoms with van der Waals surface area (Å²) in [4.78, 5) is 41.6. The largest absolute Gasteiger partial charge is 0.463 e. The van der Waals surface area contributed by atoms with E-state index >= 15 is 0 Å². The van der Waals surface area contributed by atoms with Gasteiger partial charge in [0.25, 0.3) is 5.56 Å². The molecule has 3 rings (SSSR count). The molecule has 0 aliphatic carbocycles. The van der Waals surface area contributed by atoms with E-state index < -0.39 is 29.3 Å². The number of aromatic nitrogens is 2. The van der Waals surface area contributed by atoms with Gasteiger partial charge in [0.15, 0.2) is 0 Å². The molecule has 0 saturated carbocycles. The average molecular weight is 425 g/mol. The second-order valence-electron chi connectivity index (χ2n) is 7.61. The first-order valence-corrected chi connectivity index (χ1v) is 9.93. The Labute approximate surface area is 178 Å². The monoisotopic (exact) mass is 425 g/mol. The van der Waals surface area contributed by atoms with Crippen LogP contribution in [0.25, 0.3) is 10.9 Å². The third-order valence-electron chi connectivity index (χ3n) is 4.65. The van der Waals surface area contributed by atoms with E-state index in [1.165, 1.54) is 18.5 Å². The fourth-order valence-electron chi connectivity index (χ4n) is 3.17. The van der Waals surface area contributed by atoms with Crippen molar-refractivity contribution in [3.05, 3.63) is 76.1 Å². The van der Waals surface area contributed by atoms with E-state index in [2.05, 4.69) is 10.3 Å². The molecular weight excluding hydrogens is 401 g/mol. The number of carbonyl (C=O) groups excluding carboxylic acids is 2. The number of ether oxygens (including phenoxy) is 1. The van der Waals surface area contributed by atoms with E-state index in [9.17, 15) is 18.8 Å². The van der Waals surface area contributed by atoms with Gasteiger partial charge in [-0.25, -0.2) is 9.37 Å². The third-order valence-corrected chi connectivity index (χ3v) is 4.65. The Hall–Kier alpha value is -3.55. The van der Waals surface area contributed by atoms with Gasteiger partial charge in [-0.1, -0.05) is 29.8 Å². The number of nitrogens with zero attached hydrogens (tertiary/aromatic N) is 2. The SMILES string of the molecule is Cc1ccc(C(CC(=O)OC(C)C)NC(=O)Cn2cnc3ccc(F)cc3c2=O)cc1. The summed E-state index contributed by atoms with van der Waals surface area (Å²) in [5, 5.41) is 2.88. The zero-order valence-corrected chi connectivity index (χ0v) is 17.6. The molecule has 0 fully saturated rings. The highest BCUT2D eigenvalue weighted by atomic mass is 19.1. The predicted octanol–water partition coefficient (Wildman–Crippen LogP) is 3.04. The summed E-state index contributed by atoms with van der Waals surface area (Å²) in [6.45, 7) is 5.12. The number of amides is 1. The quantitative estimate of drug-likeness (QED) is 0.588. The van der Waals surface area contributed by atoms with Gasteiger partial charge in [-0.3, -0.25) is 19.0 Å². The van der Waals surface area contributed by atoms with E-state index in [1.807, 2.05) is 31.2 Å². The van der Waals surface area contributed by atoms with Gasteiger partial charge in [-0.15, -0.1) is 0 Å². The van der Waals surface area contributed by atoms with Crippen LogP contribution in [0.3, 0.4) is 0 Å². The smallest absolute Gasteiger partial charge is 0.308 e. The van der Waals surface area contributed by atoms with E-state index in [1.54, 1.807) is 13.8 Å². The van der Waals surface area contributed by atoms with Crippen LogP contribution in [0.1, 0.15) is 37.4 Å². The van der Waals surface area contributed by atoms with E-state index in [0.29, 0.717) is 5.52 Å². The number of hydrogen-bond acceptors (Lipinski definition) is 5. The van der Waals surface area contributed by atoms with Gasteiger partial charge in [0.1, 0.15) is 12.4 Å². The molecule has 162 valence electrons. The van der Waals surface area contributed by atoms with Crippen molar-refractivity contribution in [2.45, 2.75) is 45.9 Å². The molecular formula is C23H24FN3O4. The minimum atomic E-state index is -0.624. The molecule has 7 nitrogen and oxygen atoms in total. The van der Waals surface area contributed by atoms with Crippen LogP contribution in [-0.2, 0) is 20.9 Å². The summed E-state index contributed by atoms with van der Waals surface area (Å²) in [7, 11) is 0. The highest BCUT2D eigenvalue weighted by Crippen LogP contribution is 2.19. The van der Waals surface area contributed by atoms with Crippen LogP contribution in [0, 0.1) is 12.7 Å². The zero-order chi connectivity index (χ0) is 22.5. The first-order valence-electron chi connectivity index (χ1n) is 9.93. The molecule has 1 aromatic heterocycles. The fourth-order valence-corrected chi connectivity index (χ4v) is 3.17. The summed E-state index contributed by atoms with van der Waals surface area (Å²) < 4.78 is 19.8. The van der Waals surface area contributed by atoms with Gasteiger partial charge < -0.3 is 10.1 Å². The summed E-state index contributed by atoms with van der Waals surface area (Å²) in [6, 6.07) is 10.5. The number of benzene rings is 2. The third kappa shape index (κ3) is 5.75. The van der Waals surface area contributed by atoms with Crippen LogP contribution in [0.15, 0.2) is 53.6 Å². The lowest BCUT2D eigenvalue weighted by atomic mass is 10.0. The fraction of sp³-hybridized carbons (Fsp3) is 0.304.